The zero-order chi connectivity index (χ0) is 20.5. The van der Waals surface area contributed by atoms with Crippen molar-refractivity contribution in [2.24, 2.45) is 0 Å². The van der Waals surface area contributed by atoms with Crippen LogP contribution in [-0.2, 0) is 14.0 Å². The second-order valence-corrected chi connectivity index (χ2v) is 8.58. The fourth-order valence-electron chi connectivity index (χ4n) is 2.37. The first-order valence-corrected chi connectivity index (χ1v) is 8.94. The highest BCUT2D eigenvalue weighted by Crippen LogP contribution is 2.38. The van der Waals surface area contributed by atoms with Crippen LogP contribution >= 0.6 is 0 Å². The molecule has 1 N–H and O–H groups in total. The van der Waals surface area contributed by atoms with E-state index in [1.165, 1.54) is 12.3 Å². The van der Waals surface area contributed by atoms with Gasteiger partial charge in [0.1, 0.15) is 5.60 Å². The number of carbonyl (C=O) groups excluding carboxylic acids is 1. The van der Waals surface area contributed by atoms with Gasteiger partial charge in [0.15, 0.2) is 0 Å². The molecule has 1 aliphatic heterocycles. The number of alkyl carbamates (subject to hydrolysis) is 1. The van der Waals surface area contributed by atoms with Crippen LogP contribution in [0, 0.1) is 5.95 Å². The van der Waals surface area contributed by atoms with Gasteiger partial charge in [0, 0.05) is 12.7 Å². The fourth-order valence-corrected chi connectivity index (χ4v) is 2.37. The molecule has 27 heavy (non-hydrogen) atoms. The summed E-state index contributed by atoms with van der Waals surface area (Å²) in [4.78, 5) is 15.7. The van der Waals surface area contributed by atoms with Gasteiger partial charge in [-0.1, -0.05) is 6.08 Å². The van der Waals surface area contributed by atoms with Crippen molar-refractivity contribution in [3.8, 4) is 0 Å². The van der Waals surface area contributed by atoms with Crippen LogP contribution < -0.4 is 5.32 Å². The SMILES string of the molecule is CC(C)(C)OC(=O)NCC(=Cc1ccc(F)nc1)B1OC(C)(C)C(C)(C)O1. The van der Waals surface area contributed by atoms with E-state index in [9.17, 15) is 9.18 Å². The average Bonchev–Trinajstić information content (AvgIpc) is 2.72. The van der Waals surface area contributed by atoms with Crippen molar-refractivity contribution in [1.29, 1.82) is 0 Å². The summed E-state index contributed by atoms with van der Waals surface area (Å²) >= 11 is 0. The van der Waals surface area contributed by atoms with Gasteiger partial charge in [-0.2, -0.15) is 4.39 Å². The summed E-state index contributed by atoms with van der Waals surface area (Å²) in [6.45, 7) is 13.3. The highest BCUT2D eigenvalue weighted by atomic mass is 19.1. The molecule has 0 bridgehead atoms. The Morgan fingerprint density at radius 2 is 1.85 bits per heavy atom. The number of nitrogens with zero attached hydrogens (tertiary/aromatic N) is 1. The van der Waals surface area contributed by atoms with Crippen LogP contribution in [0.25, 0.3) is 6.08 Å². The van der Waals surface area contributed by atoms with E-state index in [4.69, 9.17) is 14.0 Å². The van der Waals surface area contributed by atoms with Crippen LogP contribution in [-0.4, -0.2) is 41.5 Å². The number of hydrogen-bond acceptors (Lipinski definition) is 5. The van der Waals surface area contributed by atoms with Gasteiger partial charge < -0.3 is 19.4 Å². The van der Waals surface area contributed by atoms with Crippen LogP contribution in [0.3, 0.4) is 0 Å². The molecule has 0 aliphatic carbocycles. The average molecular weight is 378 g/mol. The molecule has 1 aromatic heterocycles. The van der Waals surface area contributed by atoms with Crippen molar-refractivity contribution in [2.75, 3.05) is 6.54 Å². The van der Waals surface area contributed by atoms with Crippen molar-refractivity contribution >= 4 is 19.3 Å². The molecule has 8 heteroatoms. The van der Waals surface area contributed by atoms with E-state index in [1.807, 2.05) is 27.7 Å². The summed E-state index contributed by atoms with van der Waals surface area (Å²) in [7, 11) is -0.657. The van der Waals surface area contributed by atoms with Crippen LogP contribution in [0.1, 0.15) is 54.0 Å². The van der Waals surface area contributed by atoms with Gasteiger partial charge in [-0.15, -0.1) is 0 Å². The van der Waals surface area contributed by atoms with Crippen molar-refractivity contribution in [1.82, 2.24) is 10.3 Å². The lowest BCUT2D eigenvalue weighted by atomic mass is 9.77. The second-order valence-electron chi connectivity index (χ2n) is 8.58. The van der Waals surface area contributed by atoms with E-state index in [2.05, 4.69) is 10.3 Å². The number of hydrogen-bond donors (Lipinski definition) is 1. The molecule has 0 unspecified atom stereocenters. The molecule has 148 valence electrons. The first-order chi connectivity index (χ1) is 12.3. The highest BCUT2D eigenvalue weighted by molar-refractivity contribution is 6.56. The third-order valence-electron chi connectivity index (χ3n) is 4.49. The summed E-state index contributed by atoms with van der Waals surface area (Å²) in [6, 6.07) is 2.87. The van der Waals surface area contributed by atoms with Crippen LogP contribution in [0.4, 0.5) is 9.18 Å². The topological polar surface area (TPSA) is 69.7 Å². The monoisotopic (exact) mass is 378 g/mol. The van der Waals surface area contributed by atoms with Gasteiger partial charge in [-0.25, -0.2) is 9.78 Å². The molecule has 1 amide bonds. The van der Waals surface area contributed by atoms with Crippen molar-refractivity contribution in [3.05, 3.63) is 35.3 Å². The quantitative estimate of drug-likeness (QED) is 0.638. The Bertz CT molecular complexity index is 695. The molecule has 0 atom stereocenters. The molecule has 0 spiro atoms. The molecule has 0 saturated carbocycles. The Hall–Kier alpha value is -1.93. The van der Waals surface area contributed by atoms with Crippen molar-refractivity contribution < 1.29 is 23.2 Å². The lowest BCUT2D eigenvalue weighted by molar-refractivity contribution is 0.00578. The Labute approximate surface area is 160 Å². The fraction of sp³-hybridized carbons (Fsp3) is 0.579. The van der Waals surface area contributed by atoms with Gasteiger partial charge in [0.2, 0.25) is 5.95 Å². The second kappa shape index (κ2) is 7.60. The molecule has 1 aliphatic rings. The Kier molecular flexibility index (Phi) is 6.02. The minimum atomic E-state index is -0.657. The molecular weight excluding hydrogens is 350 g/mol. The van der Waals surface area contributed by atoms with Gasteiger partial charge >= 0.3 is 13.2 Å². The number of aromatic nitrogens is 1. The predicted molar refractivity (Wildman–Crippen MR) is 102 cm³/mol. The molecule has 1 aromatic rings. The number of nitrogens with one attached hydrogen (secondary N) is 1. The third kappa shape index (κ3) is 5.77. The molecule has 0 aromatic carbocycles. The number of pyridine rings is 1. The summed E-state index contributed by atoms with van der Waals surface area (Å²) in [5, 5.41) is 2.72. The zero-order valence-corrected chi connectivity index (χ0v) is 17.1. The number of ether oxygens (including phenoxy) is 1. The smallest absolute Gasteiger partial charge is 0.444 e. The van der Waals surface area contributed by atoms with E-state index in [1.54, 1.807) is 32.9 Å². The van der Waals surface area contributed by atoms with Crippen LogP contribution in [0.2, 0.25) is 0 Å². The maximum atomic E-state index is 13.1. The molecule has 2 heterocycles. The maximum Gasteiger partial charge on any atom is 0.492 e. The van der Waals surface area contributed by atoms with E-state index in [0.717, 1.165) is 0 Å². The molecule has 1 fully saturated rings. The Balaban J connectivity index is 2.22. The van der Waals surface area contributed by atoms with Gasteiger partial charge in [-0.05, 0) is 71.6 Å². The minimum absolute atomic E-state index is 0.156. The molecular formula is C19H28BFN2O4. The number of rotatable bonds is 4. The number of carbonyl (C=O) groups is 1. The lowest BCUT2D eigenvalue weighted by Gasteiger charge is -2.32. The molecule has 1 saturated heterocycles. The highest BCUT2D eigenvalue weighted by Gasteiger charge is 2.52. The summed E-state index contributed by atoms with van der Waals surface area (Å²) < 4.78 is 30.5. The predicted octanol–water partition coefficient (Wildman–Crippen LogP) is 3.76. The van der Waals surface area contributed by atoms with Crippen LogP contribution in [0.15, 0.2) is 23.8 Å². The van der Waals surface area contributed by atoms with Gasteiger partial charge in [0.25, 0.3) is 0 Å². The first kappa shape index (κ1) is 21.4. The number of halogens is 1. The summed E-state index contributed by atoms with van der Waals surface area (Å²) in [5.41, 5.74) is -0.299. The zero-order valence-electron chi connectivity index (χ0n) is 17.1. The first-order valence-electron chi connectivity index (χ1n) is 8.94. The Morgan fingerprint density at radius 1 is 1.26 bits per heavy atom. The van der Waals surface area contributed by atoms with Crippen molar-refractivity contribution in [3.63, 3.8) is 0 Å². The minimum Gasteiger partial charge on any atom is -0.444 e. The van der Waals surface area contributed by atoms with E-state index in [0.29, 0.717) is 11.0 Å². The maximum absolute atomic E-state index is 13.1. The normalized spacial score (nSPS) is 19.1. The van der Waals surface area contributed by atoms with Gasteiger partial charge in [-0.3, -0.25) is 0 Å². The standard InChI is InChI=1S/C19H28BFN2O4/c1-17(2,3)25-16(24)23-12-14(10-13-8-9-15(21)22-11-13)20-26-18(4,5)19(6,7)27-20/h8-11H,12H2,1-7H3,(H,23,24). The summed E-state index contributed by atoms with van der Waals surface area (Å²) in [6.07, 6.45) is 2.64. The molecule has 6 nitrogen and oxygen atoms in total. The molecule has 0 radical (unpaired) electrons. The largest absolute Gasteiger partial charge is 0.492 e. The van der Waals surface area contributed by atoms with E-state index >= 15 is 0 Å². The van der Waals surface area contributed by atoms with E-state index in [-0.39, 0.29) is 6.54 Å². The van der Waals surface area contributed by atoms with Crippen molar-refractivity contribution in [2.45, 2.75) is 65.3 Å². The molecule has 2 rings (SSSR count). The third-order valence-corrected chi connectivity index (χ3v) is 4.49. The lowest BCUT2D eigenvalue weighted by Crippen LogP contribution is -2.41. The number of amides is 1. The van der Waals surface area contributed by atoms with Crippen LogP contribution in [0.5, 0.6) is 0 Å². The van der Waals surface area contributed by atoms with E-state index < -0.39 is 36.0 Å². The summed E-state index contributed by atoms with van der Waals surface area (Å²) in [5.74, 6) is -0.559. The Morgan fingerprint density at radius 3 is 2.33 bits per heavy atom. The van der Waals surface area contributed by atoms with Gasteiger partial charge in [0.05, 0.1) is 11.2 Å².